The van der Waals surface area contributed by atoms with Crippen molar-refractivity contribution in [2.75, 3.05) is 11.9 Å². The van der Waals surface area contributed by atoms with E-state index in [1.165, 1.54) is 12.3 Å². The SMILES string of the molecule is CCCNc1cc(C(F)F)c(-c2sc(C(=O)NC3CCC3)nc2C(=O)N2C3CCC2CC3)cn1. The second kappa shape index (κ2) is 9.56. The maximum atomic E-state index is 14.1. The van der Waals surface area contributed by atoms with E-state index in [2.05, 4.69) is 20.6 Å². The monoisotopic (exact) mass is 489 g/mol. The van der Waals surface area contributed by atoms with Gasteiger partial charge in [0, 0.05) is 42.0 Å². The predicted octanol–water partition coefficient (Wildman–Crippen LogP) is 5.01. The maximum absolute atomic E-state index is 14.1. The molecule has 2 N–H and O–H groups in total. The zero-order chi connectivity index (χ0) is 23.8. The first-order valence-corrected chi connectivity index (χ1v) is 12.9. The second-order valence-electron chi connectivity index (χ2n) is 9.36. The molecular formula is C24H29F2N5O2S. The molecule has 182 valence electrons. The summed E-state index contributed by atoms with van der Waals surface area (Å²) in [4.78, 5) is 37.4. The van der Waals surface area contributed by atoms with Crippen molar-refractivity contribution in [2.24, 2.45) is 0 Å². The number of carbonyl (C=O) groups is 2. The van der Waals surface area contributed by atoms with Gasteiger partial charge in [0.15, 0.2) is 5.01 Å². The number of alkyl halides is 2. The van der Waals surface area contributed by atoms with Crippen molar-refractivity contribution < 1.29 is 18.4 Å². The summed E-state index contributed by atoms with van der Waals surface area (Å²) in [7, 11) is 0. The van der Waals surface area contributed by atoms with Gasteiger partial charge in [-0.2, -0.15) is 0 Å². The van der Waals surface area contributed by atoms with Crippen molar-refractivity contribution in [3.8, 4) is 10.4 Å². The Hall–Kier alpha value is -2.62. The van der Waals surface area contributed by atoms with Crippen LogP contribution in [0.2, 0.25) is 0 Å². The van der Waals surface area contributed by atoms with Crippen LogP contribution in [-0.4, -0.2) is 51.4 Å². The molecule has 0 spiro atoms. The fourth-order valence-corrected chi connectivity index (χ4v) is 6.09. The molecule has 3 fully saturated rings. The lowest BCUT2D eigenvalue weighted by Gasteiger charge is -2.25. The minimum Gasteiger partial charge on any atom is -0.370 e. The summed E-state index contributed by atoms with van der Waals surface area (Å²) < 4.78 is 28.3. The molecule has 1 saturated carbocycles. The zero-order valence-electron chi connectivity index (χ0n) is 19.2. The maximum Gasteiger partial charge on any atom is 0.280 e. The number of thiazole rings is 1. The topological polar surface area (TPSA) is 87.2 Å². The Morgan fingerprint density at radius 2 is 1.88 bits per heavy atom. The number of hydrogen-bond acceptors (Lipinski definition) is 6. The molecule has 0 radical (unpaired) electrons. The van der Waals surface area contributed by atoms with Gasteiger partial charge in [0.2, 0.25) is 0 Å². The Kier molecular flexibility index (Phi) is 6.50. The lowest BCUT2D eigenvalue weighted by atomic mass is 9.93. The lowest BCUT2D eigenvalue weighted by molar-refractivity contribution is 0.0725. The number of nitrogens with zero attached hydrogens (tertiary/aromatic N) is 3. The quantitative estimate of drug-likeness (QED) is 0.544. The normalized spacial score (nSPS) is 21.7. The molecule has 2 aromatic heterocycles. The van der Waals surface area contributed by atoms with Crippen molar-refractivity contribution >= 4 is 29.0 Å². The number of hydrogen-bond donors (Lipinski definition) is 2. The van der Waals surface area contributed by atoms with E-state index >= 15 is 0 Å². The number of fused-ring (bicyclic) bond motifs is 2. The van der Waals surface area contributed by atoms with Gasteiger partial charge in [-0.25, -0.2) is 18.7 Å². The third kappa shape index (κ3) is 4.28. The van der Waals surface area contributed by atoms with Crippen LogP contribution in [0.5, 0.6) is 0 Å². The van der Waals surface area contributed by atoms with Crippen LogP contribution in [0.15, 0.2) is 12.3 Å². The highest BCUT2D eigenvalue weighted by atomic mass is 32.1. The Morgan fingerprint density at radius 3 is 2.47 bits per heavy atom. The van der Waals surface area contributed by atoms with Crippen LogP contribution in [0.3, 0.4) is 0 Å². The van der Waals surface area contributed by atoms with Gasteiger partial charge in [0.1, 0.15) is 11.5 Å². The van der Waals surface area contributed by atoms with Crippen LogP contribution in [-0.2, 0) is 0 Å². The first kappa shape index (κ1) is 23.1. The molecule has 10 heteroatoms. The Bertz CT molecular complexity index is 1070. The lowest BCUT2D eigenvalue weighted by Crippen LogP contribution is -2.39. The molecule has 1 aliphatic carbocycles. The molecule has 0 unspecified atom stereocenters. The molecule has 5 rings (SSSR count). The first-order chi connectivity index (χ1) is 16.5. The number of halogens is 2. The number of nitrogens with one attached hydrogen (secondary N) is 2. The van der Waals surface area contributed by atoms with Gasteiger partial charge < -0.3 is 15.5 Å². The van der Waals surface area contributed by atoms with Gasteiger partial charge in [-0.1, -0.05) is 6.92 Å². The Morgan fingerprint density at radius 1 is 1.18 bits per heavy atom. The Balaban J connectivity index is 1.54. The highest BCUT2D eigenvalue weighted by Crippen LogP contribution is 2.42. The van der Waals surface area contributed by atoms with Crippen molar-refractivity contribution in [1.29, 1.82) is 0 Å². The van der Waals surface area contributed by atoms with Crippen molar-refractivity contribution in [3.63, 3.8) is 0 Å². The van der Waals surface area contributed by atoms with E-state index < -0.39 is 6.43 Å². The van der Waals surface area contributed by atoms with E-state index in [-0.39, 0.29) is 51.8 Å². The van der Waals surface area contributed by atoms with E-state index in [9.17, 15) is 18.4 Å². The molecule has 2 bridgehead atoms. The molecule has 7 nitrogen and oxygen atoms in total. The van der Waals surface area contributed by atoms with Crippen LogP contribution >= 0.6 is 11.3 Å². The average molecular weight is 490 g/mol. The molecule has 4 heterocycles. The number of amides is 2. The largest absolute Gasteiger partial charge is 0.370 e. The molecular weight excluding hydrogens is 460 g/mol. The van der Waals surface area contributed by atoms with E-state index in [4.69, 9.17) is 0 Å². The highest BCUT2D eigenvalue weighted by molar-refractivity contribution is 7.17. The third-order valence-corrected chi connectivity index (χ3v) is 8.21. The van der Waals surface area contributed by atoms with Gasteiger partial charge in [-0.05, 0) is 57.4 Å². The highest BCUT2D eigenvalue weighted by Gasteiger charge is 2.44. The fraction of sp³-hybridized carbons (Fsp3) is 0.583. The minimum absolute atomic E-state index is 0.0838. The van der Waals surface area contributed by atoms with E-state index in [1.54, 1.807) is 0 Å². The van der Waals surface area contributed by atoms with Gasteiger partial charge >= 0.3 is 0 Å². The van der Waals surface area contributed by atoms with E-state index in [0.29, 0.717) is 17.2 Å². The van der Waals surface area contributed by atoms with Crippen LogP contribution in [0.4, 0.5) is 14.6 Å². The average Bonchev–Trinajstić information content (AvgIpc) is 3.53. The van der Waals surface area contributed by atoms with E-state index in [1.807, 2.05) is 11.8 Å². The molecule has 2 aromatic rings. The fourth-order valence-electron chi connectivity index (χ4n) is 5.10. The number of rotatable bonds is 8. The van der Waals surface area contributed by atoms with Gasteiger partial charge in [0.25, 0.3) is 18.2 Å². The molecule has 2 aliphatic heterocycles. The van der Waals surface area contributed by atoms with Crippen LogP contribution < -0.4 is 10.6 Å². The molecule has 0 aromatic carbocycles. The smallest absolute Gasteiger partial charge is 0.280 e. The standard InChI is InChI=1S/C24H29F2N5O2S/c1-2-10-27-18-11-16(21(25)26)17(12-28-18)20-19(24(33)31-14-6-7-15(31)9-8-14)30-23(34-20)22(32)29-13-4-3-5-13/h11-15,21H,2-10H2,1H3,(H,27,28)(H,29,32). The summed E-state index contributed by atoms with van der Waals surface area (Å²) in [5, 5.41) is 6.11. The molecule has 2 saturated heterocycles. The number of pyridine rings is 1. The van der Waals surface area contributed by atoms with Crippen LogP contribution in [0.25, 0.3) is 10.4 Å². The first-order valence-electron chi connectivity index (χ1n) is 12.1. The van der Waals surface area contributed by atoms with Crippen molar-refractivity contribution in [3.05, 3.63) is 28.5 Å². The molecule has 34 heavy (non-hydrogen) atoms. The number of anilines is 1. The zero-order valence-corrected chi connectivity index (χ0v) is 20.0. The van der Waals surface area contributed by atoms with Crippen LogP contribution in [0, 0.1) is 0 Å². The third-order valence-electron chi connectivity index (χ3n) is 7.12. The molecule has 2 amide bonds. The van der Waals surface area contributed by atoms with Crippen LogP contribution in [0.1, 0.15) is 90.6 Å². The second-order valence-corrected chi connectivity index (χ2v) is 10.4. The predicted molar refractivity (Wildman–Crippen MR) is 126 cm³/mol. The Labute approximate surface area is 201 Å². The van der Waals surface area contributed by atoms with Gasteiger partial charge in [0.05, 0.1) is 4.88 Å². The molecule has 3 aliphatic rings. The summed E-state index contributed by atoms with van der Waals surface area (Å²) in [5.41, 5.74) is 0.0225. The summed E-state index contributed by atoms with van der Waals surface area (Å²) in [6.07, 6.45) is 6.14. The van der Waals surface area contributed by atoms with Gasteiger partial charge in [-0.3, -0.25) is 9.59 Å². The summed E-state index contributed by atoms with van der Waals surface area (Å²) in [6, 6.07) is 1.76. The molecule has 0 atom stereocenters. The summed E-state index contributed by atoms with van der Waals surface area (Å²) in [6.45, 7) is 2.59. The summed E-state index contributed by atoms with van der Waals surface area (Å²) >= 11 is 0.998. The van der Waals surface area contributed by atoms with E-state index in [0.717, 1.165) is 62.7 Å². The number of carbonyl (C=O) groups excluding carboxylic acids is 2. The summed E-state index contributed by atoms with van der Waals surface area (Å²) in [5.74, 6) is -0.265. The van der Waals surface area contributed by atoms with Crippen molar-refractivity contribution in [2.45, 2.75) is 82.8 Å². The van der Waals surface area contributed by atoms with Gasteiger partial charge in [-0.15, -0.1) is 11.3 Å². The minimum atomic E-state index is -2.76. The number of aromatic nitrogens is 2. The van der Waals surface area contributed by atoms with Crippen molar-refractivity contribution in [1.82, 2.24) is 20.2 Å².